The Kier molecular flexibility index (Phi) is 1.89. The highest BCUT2D eigenvalue weighted by Crippen LogP contribution is 2.29. The first-order chi connectivity index (χ1) is 5.83. The SMILES string of the molecule is Cn1ncc2c1CCCC2CN. The molecule has 0 fully saturated rings. The van der Waals surface area contributed by atoms with Crippen LogP contribution in [0.1, 0.15) is 30.0 Å². The maximum atomic E-state index is 5.69. The maximum Gasteiger partial charge on any atom is 0.0527 e. The summed E-state index contributed by atoms with van der Waals surface area (Å²) < 4.78 is 1.98. The van der Waals surface area contributed by atoms with Crippen molar-refractivity contribution in [3.05, 3.63) is 17.5 Å². The zero-order chi connectivity index (χ0) is 8.55. The normalized spacial score (nSPS) is 22.3. The molecule has 3 nitrogen and oxygen atoms in total. The molecule has 1 aliphatic carbocycles. The van der Waals surface area contributed by atoms with Crippen LogP contribution in [0.15, 0.2) is 6.20 Å². The predicted molar refractivity (Wildman–Crippen MR) is 47.9 cm³/mol. The molecule has 0 radical (unpaired) electrons. The van der Waals surface area contributed by atoms with Crippen molar-refractivity contribution in [2.45, 2.75) is 25.2 Å². The molecule has 0 aromatic carbocycles. The minimum absolute atomic E-state index is 0.558. The summed E-state index contributed by atoms with van der Waals surface area (Å²) in [6.45, 7) is 0.763. The molecule has 12 heavy (non-hydrogen) atoms. The molecule has 2 rings (SSSR count). The van der Waals surface area contributed by atoms with E-state index in [-0.39, 0.29) is 0 Å². The van der Waals surface area contributed by atoms with E-state index in [0.29, 0.717) is 5.92 Å². The van der Waals surface area contributed by atoms with Gasteiger partial charge in [0.25, 0.3) is 0 Å². The van der Waals surface area contributed by atoms with E-state index in [1.807, 2.05) is 17.9 Å². The van der Waals surface area contributed by atoms with Gasteiger partial charge in [-0.25, -0.2) is 0 Å². The van der Waals surface area contributed by atoms with Gasteiger partial charge in [0.05, 0.1) is 6.20 Å². The van der Waals surface area contributed by atoms with E-state index in [9.17, 15) is 0 Å². The molecule has 0 amide bonds. The van der Waals surface area contributed by atoms with Crippen molar-refractivity contribution in [3.8, 4) is 0 Å². The van der Waals surface area contributed by atoms with Crippen LogP contribution in [0.5, 0.6) is 0 Å². The van der Waals surface area contributed by atoms with Crippen molar-refractivity contribution in [2.24, 2.45) is 12.8 Å². The Morgan fingerprint density at radius 1 is 1.75 bits per heavy atom. The van der Waals surface area contributed by atoms with Crippen LogP contribution in [-0.4, -0.2) is 16.3 Å². The Morgan fingerprint density at radius 2 is 2.58 bits per heavy atom. The number of nitrogens with two attached hydrogens (primary N) is 1. The van der Waals surface area contributed by atoms with E-state index in [4.69, 9.17) is 5.73 Å². The molecule has 0 spiro atoms. The fraction of sp³-hybridized carbons (Fsp3) is 0.667. The summed E-state index contributed by atoms with van der Waals surface area (Å²) >= 11 is 0. The number of hydrogen-bond donors (Lipinski definition) is 1. The molecule has 1 atom stereocenters. The van der Waals surface area contributed by atoms with Crippen molar-refractivity contribution in [1.29, 1.82) is 0 Å². The van der Waals surface area contributed by atoms with Gasteiger partial charge in [-0.15, -0.1) is 0 Å². The molecule has 0 aliphatic heterocycles. The Labute approximate surface area is 72.6 Å². The largest absolute Gasteiger partial charge is 0.330 e. The first kappa shape index (κ1) is 7.80. The van der Waals surface area contributed by atoms with Crippen molar-refractivity contribution >= 4 is 0 Å². The highest BCUT2D eigenvalue weighted by atomic mass is 15.3. The molecule has 1 aromatic rings. The van der Waals surface area contributed by atoms with Gasteiger partial charge in [0.1, 0.15) is 0 Å². The van der Waals surface area contributed by atoms with Gasteiger partial charge in [-0.2, -0.15) is 5.10 Å². The van der Waals surface area contributed by atoms with Crippen molar-refractivity contribution in [1.82, 2.24) is 9.78 Å². The Bertz CT molecular complexity index is 277. The number of nitrogens with zero attached hydrogens (tertiary/aromatic N) is 2. The molecule has 1 heterocycles. The summed E-state index contributed by atoms with van der Waals surface area (Å²) in [7, 11) is 2.01. The van der Waals surface area contributed by atoms with Gasteiger partial charge in [0.15, 0.2) is 0 Å². The van der Waals surface area contributed by atoms with E-state index >= 15 is 0 Å². The molecule has 2 N–H and O–H groups in total. The van der Waals surface area contributed by atoms with Gasteiger partial charge in [-0.05, 0) is 37.3 Å². The van der Waals surface area contributed by atoms with E-state index in [1.165, 1.54) is 30.5 Å². The smallest absolute Gasteiger partial charge is 0.0527 e. The summed E-state index contributed by atoms with van der Waals surface area (Å²) in [6.07, 6.45) is 5.64. The Hall–Kier alpha value is -0.830. The quantitative estimate of drug-likeness (QED) is 0.669. The second-order valence-electron chi connectivity index (χ2n) is 3.50. The lowest BCUT2D eigenvalue weighted by atomic mass is 9.87. The van der Waals surface area contributed by atoms with Gasteiger partial charge < -0.3 is 5.73 Å². The van der Waals surface area contributed by atoms with Crippen LogP contribution in [0.25, 0.3) is 0 Å². The first-order valence-electron chi connectivity index (χ1n) is 4.53. The molecule has 3 heteroatoms. The Balaban J connectivity index is 2.38. The fourth-order valence-corrected chi connectivity index (χ4v) is 2.04. The molecule has 66 valence electrons. The minimum atomic E-state index is 0.558. The number of hydrogen-bond acceptors (Lipinski definition) is 2. The standard InChI is InChI=1S/C9H15N3/c1-12-9-4-2-3-7(5-10)8(9)6-11-12/h6-7H,2-5,10H2,1H3. The lowest BCUT2D eigenvalue weighted by molar-refractivity contribution is 0.541. The Morgan fingerprint density at radius 3 is 3.33 bits per heavy atom. The summed E-state index contributed by atoms with van der Waals surface area (Å²) in [5.74, 6) is 0.558. The summed E-state index contributed by atoms with van der Waals surface area (Å²) in [5, 5.41) is 4.26. The summed E-state index contributed by atoms with van der Waals surface area (Å²) in [5.41, 5.74) is 8.46. The topological polar surface area (TPSA) is 43.8 Å². The van der Waals surface area contributed by atoms with E-state index in [2.05, 4.69) is 5.10 Å². The third kappa shape index (κ3) is 1.05. The van der Waals surface area contributed by atoms with Crippen LogP contribution in [0, 0.1) is 0 Å². The van der Waals surface area contributed by atoms with Crippen molar-refractivity contribution in [3.63, 3.8) is 0 Å². The van der Waals surface area contributed by atoms with Gasteiger partial charge in [0, 0.05) is 12.7 Å². The molecule has 0 bridgehead atoms. The first-order valence-corrected chi connectivity index (χ1v) is 4.53. The minimum Gasteiger partial charge on any atom is -0.330 e. The maximum absolute atomic E-state index is 5.69. The third-order valence-corrected chi connectivity index (χ3v) is 2.78. The van der Waals surface area contributed by atoms with Crippen molar-refractivity contribution < 1.29 is 0 Å². The molecular weight excluding hydrogens is 150 g/mol. The average molecular weight is 165 g/mol. The van der Waals surface area contributed by atoms with Crippen LogP contribution < -0.4 is 5.73 Å². The highest BCUT2D eigenvalue weighted by Gasteiger charge is 2.21. The summed E-state index contributed by atoms with van der Waals surface area (Å²) in [6, 6.07) is 0. The third-order valence-electron chi connectivity index (χ3n) is 2.78. The second kappa shape index (κ2) is 2.90. The second-order valence-corrected chi connectivity index (χ2v) is 3.50. The van der Waals surface area contributed by atoms with E-state index < -0.39 is 0 Å². The lowest BCUT2D eigenvalue weighted by Gasteiger charge is -2.20. The van der Waals surface area contributed by atoms with Crippen LogP contribution in [0.2, 0.25) is 0 Å². The zero-order valence-corrected chi connectivity index (χ0v) is 7.45. The number of aryl methyl sites for hydroxylation is 1. The van der Waals surface area contributed by atoms with Crippen LogP contribution in [0.4, 0.5) is 0 Å². The van der Waals surface area contributed by atoms with E-state index in [0.717, 1.165) is 6.54 Å². The number of aromatic nitrogens is 2. The lowest BCUT2D eigenvalue weighted by Crippen LogP contribution is -2.18. The van der Waals surface area contributed by atoms with Crippen LogP contribution in [0.3, 0.4) is 0 Å². The van der Waals surface area contributed by atoms with Crippen molar-refractivity contribution in [2.75, 3.05) is 6.54 Å². The van der Waals surface area contributed by atoms with Gasteiger partial charge in [-0.1, -0.05) is 0 Å². The molecular formula is C9H15N3. The molecule has 0 saturated carbocycles. The van der Waals surface area contributed by atoms with Gasteiger partial charge in [-0.3, -0.25) is 4.68 Å². The number of rotatable bonds is 1. The molecule has 1 unspecified atom stereocenters. The van der Waals surface area contributed by atoms with E-state index in [1.54, 1.807) is 0 Å². The monoisotopic (exact) mass is 165 g/mol. The van der Waals surface area contributed by atoms with Crippen LogP contribution in [-0.2, 0) is 13.5 Å². The van der Waals surface area contributed by atoms with Crippen LogP contribution >= 0.6 is 0 Å². The summed E-state index contributed by atoms with van der Waals surface area (Å²) in [4.78, 5) is 0. The molecule has 1 aromatic heterocycles. The zero-order valence-electron chi connectivity index (χ0n) is 7.45. The average Bonchev–Trinajstić information content (AvgIpc) is 2.48. The number of fused-ring (bicyclic) bond motifs is 1. The predicted octanol–water partition coefficient (Wildman–Crippen LogP) is 0.799. The van der Waals surface area contributed by atoms with Gasteiger partial charge >= 0.3 is 0 Å². The van der Waals surface area contributed by atoms with Gasteiger partial charge in [0.2, 0.25) is 0 Å². The highest BCUT2D eigenvalue weighted by molar-refractivity contribution is 5.25. The fourth-order valence-electron chi connectivity index (χ4n) is 2.04. The molecule has 1 aliphatic rings. The molecule has 0 saturated heterocycles.